The fourth-order valence-corrected chi connectivity index (χ4v) is 1.62. The molecule has 0 aromatic heterocycles. The van der Waals surface area contributed by atoms with Crippen LogP contribution in [0.1, 0.15) is 31.7 Å². The van der Waals surface area contributed by atoms with Gasteiger partial charge in [0.05, 0.1) is 11.1 Å². The number of aryl methyl sites for hydroxylation is 1. The predicted molar refractivity (Wildman–Crippen MR) is 60.6 cm³/mol. The predicted octanol–water partition coefficient (Wildman–Crippen LogP) is 3.57. The summed E-state index contributed by atoms with van der Waals surface area (Å²) in [6.45, 7) is 2.03. The van der Waals surface area contributed by atoms with E-state index in [1.165, 1.54) is 6.07 Å². The van der Waals surface area contributed by atoms with Crippen LogP contribution in [0.4, 0.5) is 4.39 Å². The van der Waals surface area contributed by atoms with Gasteiger partial charge in [0.1, 0.15) is 5.82 Å². The second kappa shape index (κ2) is 6.09. The van der Waals surface area contributed by atoms with E-state index in [1.54, 1.807) is 12.1 Å². The monoisotopic (exact) mass is 230 g/mol. The number of hydrogen-bond donors (Lipinski definition) is 1. The molecular formula is C12H16ClFO. The standard InChI is InChI=1S/C12H16ClFO/c1-2-3-10(15)6-4-9-5-7-11(13)12(14)8-9/h5,7-8,10,15H,2-4,6H2,1H3. The van der Waals surface area contributed by atoms with E-state index < -0.39 is 0 Å². The molecule has 1 aromatic rings. The number of hydrogen-bond acceptors (Lipinski definition) is 1. The molecule has 0 aliphatic rings. The molecule has 1 rings (SSSR count). The molecule has 0 aliphatic heterocycles. The summed E-state index contributed by atoms with van der Waals surface area (Å²) in [5.74, 6) is -0.390. The lowest BCUT2D eigenvalue weighted by atomic mass is 10.0. The van der Waals surface area contributed by atoms with E-state index in [9.17, 15) is 9.50 Å². The zero-order valence-electron chi connectivity index (χ0n) is 8.84. The van der Waals surface area contributed by atoms with E-state index in [0.717, 1.165) is 18.4 Å². The van der Waals surface area contributed by atoms with E-state index in [2.05, 4.69) is 0 Å². The molecule has 1 atom stereocenters. The number of benzene rings is 1. The van der Waals surface area contributed by atoms with Gasteiger partial charge in [0.25, 0.3) is 0 Å². The molecule has 0 spiro atoms. The highest BCUT2D eigenvalue weighted by molar-refractivity contribution is 6.30. The van der Waals surface area contributed by atoms with E-state index in [-0.39, 0.29) is 16.9 Å². The molecule has 1 N–H and O–H groups in total. The summed E-state index contributed by atoms with van der Waals surface area (Å²) in [5.41, 5.74) is 0.882. The molecule has 84 valence electrons. The number of rotatable bonds is 5. The molecule has 0 aliphatic carbocycles. The Hall–Kier alpha value is -0.600. The number of halogens is 2. The Morgan fingerprint density at radius 1 is 1.40 bits per heavy atom. The summed E-state index contributed by atoms with van der Waals surface area (Å²) in [7, 11) is 0. The summed E-state index contributed by atoms with van der Waals surface area (Å²) in [5, 5.41) is 9.66. The third kappa shape index (κ3) is 4.18. The van der Waals surface area contributed by atoms with Gasteiger partial charge in [-0.05, 0) is 37.0 Å². The molecule has 1 aromatic carbocycles. The Morgan fingerprint density at radius 3 is 2.73 bits per heavy atom. The zero-order chi connectivity index (χ0) is 11.3. The maximum atomic E-state index is 13.1. The summed E-state index contributed by atoms with van der Waals surface area (Å²) in [6, 6.07) is 4.78. The third-order valence-electron chi connectivity index (χ3n) is 2.37. The van der Waals surface area contributed by atoms with Crippen LogP contribution in [0.2, 0.25) is 5.02 Å². The van der Waals surface area contributed by atoms with Crippen LogP contribution >= 0.6 is 11.6 Å². The van der Waals surface area contributed by atoms with E-state index in [0.29, 0.717) is 12.8 Å². The lowest BCUT2D eigenvalue weighted by molar-refractivity contribution is 0.154. The topological polar surface area (TPSA) is 20.2 Å². The minimum Gasteiger partial charge on any atom is -0.393 e. The van der Waals surface area contributed by atoms with Gasteiger partial charge in [0, 0.05) is 0 Å². The van der Waals surface area contributed by atoms with Crippen molar-refractivity contribution >= 4 is 11.6 Å². The van der Waals surface area contributed by atoms with Crippen molar-refractivity contribution < 1.29 is 9.50 Å². The van der Waals surface area contributed by atoms with E-state index in [1.807, 2.05) is 6.92 Å². The molecule has 0 amide bonds. The molecule has 0 saturated carbocycles. The summed E-state index contributed by atoms with van der Waals surface area (Å²) < 4.78 is 13.1. The van der Waals surface area contributed by atoms with Crippen LogP contribution < -0.4 is 0 Å². The minimum absolute atomic E-state index is 0.146. The summed E-state index contributed by atoms with van der Waals surface area (Å²) in [4.78, 5) is 0. The van der Waals surface area contributed by atoms with Gasteiger partial charge in [-0.2, -0.15) is 0 Å². The first-order valence-electron chi connectivity index (χ1n) is 5.25. The van der Waals surface area contributed by atoms with Gasteiger partial charge < -0.3 is 5.11 Å². The lowest BCUT2D eigenvalue weighted by Gasteiger charge is -2.08. The molecule has 0 fully saturated rings. The van der Waals surface area contributed by atoms with Crippen molar-refractivity contribution in [3.63, 3.8) is 0 Å². The van der Waals surface area contributed by atoms with Gasteiger partial charge in [-0.1, -0.05) is 31.0 Å². The fraction of sp³-hybridized carbons (Fsp3) is 0.500. The van der Waals surface area contributed by atoms with Crippen LogP contribution in [0.15, 0.2) is 18.2 Å². The zero-order valence-corrected chi connectivity index (χ0v) is 9.60. The highest BCUT2D eigenvalue weighted by atomic mass is 35.5. The van der Waals surface area contributed by atoms with E-state index >= 15 is 0 Å². The molecule has 15 heavy (non-hydrogen) atoms. The molecule has 1 unspecified atom stereocenters. The Balaban J connectivity index is 2.47. The van der Waals surface area contributed by atoms with Crippen molar-refractivity contribution in [1.82, 2.24) is 0 Å². The lowest BCUT2D eigenvalue weighted by Crippen LogP contribution is -2.07. The van der Waals surface area contributed by atoms with Crippen LogP contribution in [0, 0.1) is 5.82 Å². The molecular weight excluding hydrogens is 215 g/mol. The van der Waals surface area contributed by atoms with Gasteiger partial charge in [-0.25, -0.2) is 4.39 Å². The molecule has 0 heterocycles. The van der Waals surface area contributed by atoms with Crippen molar-refractivity contribution in [3.05, 3.63) is 34.6 Å². The molecule has 1 nitrogen and oxygen atoms in total. The first-order chi connectivity index (χ1) is 7.13. The average Bonchev–Trinajstić information content (AvgIpc) is 2.20. The van der Waals surface area contributed by atoms with Crippen LogP contribution in [-0.2, 0) is 6.42 Å². The maximum Gasteiger partial charge on any atom is 0.142 e. The van der Waals surface area contributed by atoms with Crippen molar-refractivity contribution in [1.29, 1.82) is 0 Å². The normalized spacial score (nSPS) is 12.8. The van der Waals surface area contributed by atoms with Crippen LogP contribution in [-0.4, -0.2) is 11.2 Å². The smallest absolute Gasteiger partial charge is 0.142 e. The third-order valence-corrected chi connectivity index (χ3v) is 2.68. The van der Waals surface area contributed by atoms with Crippen LogP contribution in [0.3, 0.4) is 0 Å². The molecule has 0 radical (unpaired) electrons. The summed E-state index contributed by atoms with van der Waals surface area (Å²) >= 11 is 5.57. The summed E-state index contributed by atoms with van der Waals surface area (Å²) in [6.07, 6.45) is 2.85. The van der Waals surface area contributed by atoms with Crippen molar-refractivity contribution in [3.8, 4) is 0 Å². The molecule has 0 bridgehead atoms. The largest absolute Gasteiger partial charge is 0.393 e. The highest BCUT2D eigenvalue weighted by Gasteiger charge is 2.05. The SMILES string of the molecule is CCCC(O)CCc1ccc(Cl)c(F)c1. The average molecular weight is 231 g/mol. The second-order valence-electron chi connectivity index (χ2n) is 3.73. The van der Waals surface area contributed by atoms with Gasteiger partial charge in [-0.3, -0.25) is 0 Å². The highest BCUT2D eigenvalue weighted by Crippen LogP contribution is 2.17. The maximum absolute atomic E-state index is 13.1. The Kier molecular flexibility index (Phi) is 5.06. The Labute approximate surface area is 94.9 Å². The molecule has 3 heteroatoms. The van der Waals surface area contributed by atoms with Gasteiger partial charge >= 0.3 is 0 Å². The second-order valence-corrected chi connectivity index (χ2v) is 4.14. The fourth-order valence-electron chi connectivity index (χ4n) is 1.51. The van der Waals surface area contributed by atoms with Gasteiger partial charge in [-0.15, -0.1) is 0 Å². The molecule has 0 saturated heterocycles. The van der Waals surface area contributed by atoms with Crippen molar-refractivity contribution in [2.75, 3.05) is 0 Å². The van der Waals surface area contributed by atoms with Gasteiger partial charge in [0.15, 0.2) is 0 Å². The Morgan fingerprint density at radius 2 is 2.13 bits per heavy atom. The van der Waals surface area contributed by atoms with Crippen molar-refractivity contribution in [2.45, 2.75) is 38.7 Å². The van der Waals surface area contributed by atoms with Crippen LogP contribution in [0.25, 0.3) is 0 Å². The van der Waals surface area contributed by atoms with Gasteiger partial charge in [0.2, 0.25) is 0 Å². The van der Waals surface area contributed by atoms with Crippen molar-refractivity contribution in [2.24, 2.45) is 0 Å². The number of aliphatic hydroxyl groups excluding tert-OH is 1. The minimum atomic E-state index is -0.390. The van der Waals surface area contributed by atoms with E-state index in [4.69, 9.17) is 11.6 Å². The first kappa shape index (κ1) is 12.5. The quantitative estimate of drug-likeness (QED) is 0.820. The first-order valence-corrected chi connectivity index (χ1v) is 5.63. The number of aliphatic hydroxyl groups is 1. The van der Waals surface area contributed by atoms with Crippen LogP contribution in [0.5, 0.6) is 0 Å². The Bertz CT molecular complexity index is 314.